The minimum Gasteiger partial charge on any atom is -0.672 e. The molecule has 0 radical (unpaired) electrons. The van der Waals surface area contributed by atoms with Crippen molar-refractivity contribution in [1.82, 2.24) is 0 Å². The van der Waals surface area contributed by atoms with E-state index in [1.807, 2.05) is 0 Å². The van der Waals surface area contributed by atoms with Crippen LogP contribution in [0.4, 0.5) is 0 Å². The molecule has 48 valence electrons. The van der Waals surface area contributed by atoms with Crippen LogP contribution in [0.3, 0.4) is 0 Å². The Balaban J connectivity index is -0.0000000720. The molecule has 2 N–H and O–H groups in total. The van der Waals surface area contributed by atoms with Crippen molar-refractivity contribution >= 4 is 41.4 Å². The third-order valence-electron chi connectivity index (χ3n) is 0. The monoisotopic (exact) mass is 178 g/mol. The van der Waals surface area contributed by atoms with Gasteiger partial charge in [0.1, 0.15) is 0 Å². The van der Waals surface area contributed by atoms with Crippen molar-refractivity contribution in [2.45, 2.75) is 0 Å². The fourth-order valence-corrected chi connectivity index (χ4v) is 0. The van der Waals surface area contributed by atoms with Crippen molar-refractivity contribution in [2.24, 2.45) is 0 Å². The molecule has 0 atom stereocenters. The molecule has 6 nitrogen and oxygen atoms in total. The summed E-state index contributed by atoms with van der Waals surface area (Å²) in [5.41, 5.74) is 0. The molecule has 0 spiro atoms. The van der Waals surface area contributed by atoms with E-state index in [-0.39, 0.29) is 23.1 Å². The van der Waals surface area contributed by atoms with Crippen LogP contribution >= 0.6 is 0 Å². The van der Waals surface area contributed by atoms with E-state index < -0.39 is 18.3 Å². The van der Waals surface area contributed by atoms with Gasteiger partial charge in [-0.1, -0.05) is 0 Å². The number of hydrogen-bond donors (Lipinski definition) is 2. The summed E-state index contributed by atoms with van der Waals surface area (Å²) in [5.74, 6) is 0. The summed E-state index contributed by atoms with van der Waals surface area (Å²) in [7, 11) is -6.76. The molecular weight excluding hydrogens is 176 g/mol. The second-order valence-electron chi connectivity index (χ2n) is 0.533. The first-order valence-electron chi connectivity index (χ1n) is 1.26. The zero-order chi connectivity index (χ0) is 7.15. The fourth-order valence-electron chi connectivity index (χ4n) is 0. The van der Waals surface area contributed by atoms with Crippen molar-refractivity contribution in [3.8, 4) is 0 Å². The van der Waals surface area contributed by atoms with Gasteiger partial charge in [-0.3, -0.25) is 4.46 Å². The van der Waals surface area contributed by atoms with Crippen molar-refractivity contribution in [3.63, 3.8) is 0 Å². The molecular formula is H2MgO6Si2. The van der Waals surface area contributed by atoms with Crippen molar-refractivity contribution in [1.29, 1.82) is 0 Å². The van der Waals surface area contributed by atoms with Crippen molar-refractivity contribution < 1.29 is 28.1 Å². The second-order valence-corrected chi connectivity index (χ2v) is 1.60. The first kappa shape index (κ1) is 16.0. The van der Waals surface area contributed by atoms with Crippen LogP contribution in [0.15, 0.2) is 0 Å². The van der Waals surface area contributed by atoms with E-state index in [0.717, 1.165) is 0 Å². The molecule has 0 heterocycles. The van der Waals surface area contributed by atoms with Crippen LogP contribution in [0.25, 0.3) is 0 Å². The van der Waals surface area contributed by atoms with Crippen LogP contribution in [-0.4, -0.2) is 51.0 Å². The van der Waals surface area contributed by atoms with E-state index in [1.165, 1.54) is 0 Å². The molecule has 0 saturated carbocycles. The van der Waals surface area contributed by atoms with Gasteiger partial charge >= 0.3 is 32.2 Å². The minimum absolute atomic E-state index is 0. The summed E-state index contributed by atoms with van der Waals surface area (Å²) in [6, 6.07) is 0. The molecule has 0 unspecified atom stereocenters. The molecule has 0 bridgehead atoms. The summed E-state index contributed by atoms with van der Waals surface area (Å²) >= 11 is 0. The van der Waals surface area contributed by atoms with Gasteiger partial charge in [0.2, 0.25) is 0 Å². The van der Waals surface area contributed by atoms with Gasteiger partial charge in [-0.25, -0.2) is 0 Å². The Hall–Kier alpha value is 0.000000000000000222. The minimum atomic E-state index is -3.63. The van der Waals surface area contributed by atoms with Gasteiger partial charge in [0.25, 0.3) is 0 Å². The Morgan fingerprint density at radius 3 is 1.11 bits per heavy atom. The molecule has 0 amide bonds. The molecule has 0 aromatic heterocycles. The van der Waals surface area contributed by atoms with Gasteiger partial charge in [-0.05, 0) is 0 Å². The zero-order valence-corrected chi connectivity index (χ0v) is 7.65. The van der Waals surface area contributed by atoms with Crippen LogP contribution in [0, 0.1) is 0 Å². The summed E-state index contributed by atoms with van der Waals surface area (Å²) in [6.07, 6.45) is 0. The quantitative estimate of drug-likeness (QED) is 0.359. The Bertz CT molecular complexity index is 69.1. The molecule has 0 aliphatic rings. The van der Waals surface area contributed by atoms with E-state index in [0.29, 0.717) is 0 Å². The summed E-state index contributed by atoms with van der Waals surface area (Å²) in [6.45, 7) is 0. The third kappa shape index (κ3) is 5840000000000000327795391544164352. The van der Waals surface area contributed by atoms with Gasteiger partial charge in [-0.15, -0.1) is 0 Å². The van der Waals surface area contributed by atoms with Crippen LogP contribution in [-0.2, 0) is 8.92 Å². The van der Waals surface area contributed by atoms with Gasteiger partial charge in [0.15, 0.2) is 0 Å². The number of rotatable bonds is 0. The maximum Gasteiger partial charge on any atom is 2.00 e. The molecule has 9 heavy (non-hydrogen) atoms. The predicted molar refractivity (Wildman–Crippen MR) is 23.1 cm³/mol. The molecule has 0 aromatic carbocycles. The predicted octanol–water partition coefficient (Wildman–Crippen LogP) is -4.87. The normalized spacial score (nSPS) is 5.33. The standard InChI is InChI=1S/Mg.H2O3Si.O3Si/c;2*1-4(2)3/h;1-2H;/q+2;;-2. The SMILES string of the molecule is O=[Si](O)O.O=[Si]([O-])[O-].[Mg+2]. The largest absolute Gasteiger partial charge is 2.00 e. The molecule has 0 aromatic rings. The Kier molecular flexibility index (Phi) is 19.4. The van der Waals surface area contributed by atoms with E-state index in [9.17, 15) is 0 Å². The first-order valence-corrected chi connectivity index (χ1v) is 3.79. The fraction of sp³-hybridized carbons (Fsp3) is 0. The van der Waals surface area contributed by atoms with Crippen LogP contribution in [0.2, 0.25) is 0 Å². The van der Waals surface area contributed by atoms with Gasteiger partial charge in [0, 0.05) is 9.17 Å². The molecule has 0 rings (SSSR count). The van der Waals surface area contributed by atoms with Gasteiger partial charge in [-0.2, -0.15) is 0 Å². The summed E-state index contributed by atoms with van der Waals surface area (Å²) < 4.78 is 17.3. The Morgan fingerprint density at radius 1 is 1.11 bits per heavy atom. The average molecular weight is 178 g/mol. The maximum absolute atomic E-state index is 8.74. The third-order valence-corrected chi connectivity index (χ3v) is 0. The van der Waals surface area contributed by atoms with Crippen molar-refractivity contribution in [2.75, 3.05) is 0 Å². The smallest absolute Gasteiger partial charge is 0.672 e. The van der Waals surface area contributed by atoms with E-state index in [1.54, 1.807) is 0 Å². The molecule has 0 saturated heterocycles. The topological polar surface area (TPSA) is 121 Å². The van der Waals surface area contributed by atoms with Crippen LogP contribution in [0.1, 0.15) is 0 Å². The zero-order valence-electron chi connectivity index (χ0n) is 4.23. The molecule has 0 aliphatic heterocycles. The molecule has 0 aliphatic carbocycles. The van der Waals surface area contributed by atoms with E-state index in [4.69, 9.17) is 28.1 Å². The summed E-state index contributed by atoms with van der Waals surface area (Å²) in [4.78, 5) is 31.4. The first-order chi connectivity index (χ1) is 3.46. The van der Waals surface area contributed by atoms with Crippen LogP contribution in [0.5, 0.6) is 0 Å². The van der Waals surface area contributed by atoms with Crippen LogP contribution < -0.4 is 9.59 Å². The number of hydrogen-bond acceptors (Lipinski definition) is 4. The van der Waals surface area contributed by atoms with Crippen molar-refractivity contribution in [3.05, 3.63) is 0 Å². The molecule has 0 fully saturated rings. The Morgan fingerprint density at radius 2 is 1.11 bits per heavy atom. The maximum atomic E-state index is 8.74. The van der Waals surface area contributed by atoms with E-state index in [2.05, 4.69) is 0 Å². The average Bonchev–Trinajstić information content (AvgIpc) is 1.25. The Labute approximate surface area is 69.7 Å². The van der Waals surface area contributed by atoms with Gasteiger partial charge < -0.3 is 23.6 Å². The summed E-state index contributed by atoms with van der Waals surface area (Å²) in [5, 5.41) is 0. The van der Waals surface area contributed by atoms with E-state index >= 15 is 0 Å². The molecule has 9 heteroatoms. The van der Waals surface area contributed by atoms with Gasteiger partial charge in [0.05, 0.1) is 0 Å². The second kappa shape index (κ2) is 10.9.